The van der Waals surface area contributed by atoms with Crippen molar-refractivity contribution >= 4 is 43.5 Å². The molecule has 1 amide bonds. The number of halogens is 2. The molecular weight excluding hydrogens is 472 g/mol. The van der Waals surface area contributed by atoms with Crippen LogP contribution >= 0.6 is 27.5 Å². The summed E-state index contributed by atoms with van der Waals surface area (Å²) in [7, 11) is -2.40. The van der Waals surface area contributed by atoms with Crippen LogP contribution in [-0.4, -0.2) is 34.6 Å². The summed E-state index contributed by atoms with van der Waals surface area (Å²) in [5.41, 5.74) is 0.853. The molecule has 1 aliphatic rings. The lowest BCUT2D eigenvalue weighted by atomic mass is 10.1. The Morgan fingerprint density at radius 2 is 1.82 bits per heavy atom. The van der Waals surface area contributed by atoms with Crippen LogP contribution in [0.4, 0.5) is 0 Å². The SMILES string of the molecule is CNS(=O)(=O)c1ccc(Cl)c(C(=O)NC(C)c2cc3c(cc2Br)OCCO3)c1. The number of ether oxygens (including phenoxy) is 2. The van der Waals surface area contributed by atoms with E-state index < -0.39 is 22.0 Å². The number of nitrogens with one attached hydrogen (secondary N) is 2. The Morgan fingerprint density at radius 3 is 2.46 bits per heavy atom. The zero-order chi connectivity index (χ0) is 20.5. The van der Waals surface area contributed by atoms with Gasteiger partial charge < -0.3 is 14.8 Å². The number of hydrogen-bond acceptors (Lipinski definition) is 5. The Hall–Kier alpha value is -1.81. The van der Waals surface area contributed by atoms with Crippen LogP contribution in [0.15, 0.2) is 39.7 Å². The molecule has 3 rings (SSSR count). The average Bonchev–Trinajstić information content (AvgIpc) is 2.67. The molecule has 10 heteroatoms. The standard InChI is InChI=1S/C18H18BrClN2O5S/c1-10(12-8-16-17(9-14(12)19)27-6-5-26-16)22-18(23)13-7-11(3-4-15(13)20)28(24,25)21-2/h3-4,7-10,21H,5-6H2,1-2H3,(H,22,23). The summed E-state index contributed by atoms with van der Waals surface area (Å²) in [6.07, 6.45) is 0. The van der Waals surface area contributed by atoms with E-state index in [0.717, 1.165) is 10.0 Å². The highest BCUT2D eigenvalue weighted by Crippen LogP contribution is 2.38. The minimum Gasteiger partial charge on any atom is -0.486 e. The van der Waals surface area contributed by atoms with Gasteiger partial charge in [0.15, 0.2) is 11.5 Å². The summed E-state index contributed by atoms with van der Waals surface area (Å²) in [5, 5.41) is 2.99. The predicted molar refractivity (Wildman–Crippen MR) is 109 cm³/mol. The molecule has 0 bridgehead atoms. The summed E-state index contributed by atoms with van der Waals surface area (Å²) in [5.74, 6) is 0.742. The number of sulfonamides is 1. The fourth-order valence-electron chi connectivity index (χ4n) is 2.73. The van der Waals surface area contributed by atoms with Gasteiger partial charge in [-0.1, -0.05) is 27.5 Å². The maximum absolute atomic E-state index is 12.7. The molecule has 1 aliphatic heterocycles. The van der Waals surface area contributed by atoms with Gasteiger partial charge >= 0.3 is 0 Å². The normalized spacial score (nSPS) is 14.4. The second-order valence-corrected chi connectivity index (χ2v) is 9.21. The van der Waals surface area contributed by atoms with Crippen molar-refractivity contribution in [2.24, 2.45) is 0 Å². The Morgan fingerprint density at radius 1 is 1.18 bits per heavy atom. The number of rotatable bonds is 5. The van der Waals surface area contributed by atoms with Crippen molar-refractivity contribution in [3.8, 4) is 11.5 Å². The smallest absolute Gasteiger partial charge is 0.253 e. The molecule has 1 atom stereocenters. The number of amides is 1. The van der Waals surface area contributed by atoms with Crippen LogP contribution in [0.2, 0.25) is 5.02 Å². The topological polar surface area (TPSA) is 93.7 Å². The first-order chi connectivity index (χ1) is 13.2. The molecule has 0 radical (unpaired) electrons. The van der Waals surface area contributed by atoms with Crippen LogP contribution in [0.5, 0.6) is 11.5 Å². The first-order valence-electron chi connectivity index (χ1n) is 8.36. The van der Waals surface area contributed by atoms with Gasteiger partial charge in [-0.15, -0.1) is 0 Å². The van der Waals surface area contributed by atoms with Gasteiger partial charge in [0, 0.05) is 4.47 Å². The van der Waals surface area contributed by atoms with E-state index in [1.807, 2.05) is 0 Å². The number of hydrogen-bond donors (Lipinski definition) is 2. The molecule has 0 aliphatic carbocycles. The first kappa shape index (κ1) is 20.9. The fraction of sp³-hybridized carbons (Fsp3) is 0.278. The first-order valence-corrected chi connectivity index (χ1v) is 11.0. The molecule has 28 heavy (non-hydrogen) atoms. The molecule has 0 saturated carbocycles. The largest absolute Gasteiger partial charge is 0.486 e. The van der Waals surface area contributed by atoms with E-state index in [-0.39, 0.29) is 15.5 Å². The molecular formula is C18H18BrClN2O5S. The quantitative estimate of drug-likeness (QED) is 0.672. The van der Waals surface area contributed by atoms with Gasteiger partial charge in [0.1, 0.15) is 13.2 Å². The molecule has 2 aromatic rings. The summed E-state index contributed by atoms with van der Waals surface area (Å²) in [6, 6.07) is 7.15. The number of benzene rings is 2. The zero-order valence-electron chi connectivity index (χ0n) is 15.1. The molecule has 2 N–H and O–H groups in total. The third-order valence-electron chi connectivity index (χ3n) is 4.24. The van der Waals surface area contributed by atoms with Crippen LogP contribution in [0.25, 0.3) is 0 Å². The molecule has 0 fully saturated rings. The molecule has 1 unspecified atom stereocenters. The Bertz CT molecular complexity index is 1030. The molecule has 150 valence electrons. The van der Waals surface area contributed by atoms with E-state index in [1.54, 1.807) is 19.1 Å². The van der Waals surface area contributed by atoms with Gasteiger partial charge in [-0.2, -0.15) is 0 Å². The van der Waals surface area contributed by atoms with Crippen molar-refractivity contribution < 1.29 is 22.7 Å². The van der Waals surface area contributed by atoms with Crippen LogP contribution in [0.1, 0.15) is 28.9 Å². The molecule has 2 aromatic carbocycles. The summed E-state index contributed by atoms with van der Waals surface area (Å²) >= 11 is 9.60. The van der Waals surface area contributed by atoms with Gasteiger partial charge in [0.25, 0.3) is 5.91 Å². The minimum absolute atomic E-state index is 0.0438. The summed E-state index contributed by atoms with van der Waals surface area (Å²) in [6.45, 7) is 2.74. The molecule has 1 heterocycles. The Balaban J connectivity index is 1.86. The predicted octanol–water partition coefficient (Wildman–Crippen LogP) is 3.27. The van der Waals surface area contributed by atoms with Gasteiger partial charge in [-0.3, -0.25) is 4.79 Å². The van der Waals surface area contributed by atoms with Crippen molar-refractivity contribution in [3.63, 3.8) is 0 Å². The number of fused-ring (bicyclic) bond motifs is 1. The maximum Gasteiger partial charge on any atom is 0.253 e. The van der Waals surface area contributed by atoms with Crippen LogP contribution in [0, 0.1) is 0 Å². The maximum atomic E-state index is 12.7. The zero-order valence-corrected chi connectivity index (χ0v) is 18.2. The monoisotopic (exact) mass is 488 g/mol. The number of carbonyl (C=O) groups is 1. The highest BCUT2D eigenvalue weighted by Gasteiger charge is 2.22. The lowest BCUT2D eigenvalue weighted by molar-refractivity contribution is 0.0939. The van der Waals surface area contributed by atoms with Crippen molar-refractivity contribution in [3.05, 3.63) is 51.0 Å². The second kappa shape index (κ2) is 8.28. The lowest BCUT2D eigenvalue weighted by Gasteiger charge is -2.22. The van der Waals surface area contributed by atoms with Gasteiger partial charge in [0.2, 0.25) is 10.0 Å². The average molecular weight is 490 g/mol. The van der Waals surface area contributed by atoms with Crippen molar-refractivity contribution in [2.75, 3.05) is 20.3 Å². The van der Waals surface area contributed by atoms with E-state index in [4.69, 9.17) is 21.1 Å². The third kappa shape index (κ3) is 4.27. The van der Waals surface area contributed by atoms with Crippen LogP contribution in [-0.2, 0) is 10.0 Å². The third-order valence-corrected chi connectivity index (χ3v) is 6.67. The molecule has 7 nitrogen and oxygen atoms in total. The van der Waals surface area contributed by atoms with E-state index in [1.165, 1.54) is 25.2 Å². The van der Waals surface area contributed by atoms with Gasteiger partial charge in [0.05, 0.1) is 21.5 Å². The van der Waals surface area contributed by atoms with Gasteiger partial charge in [-0.25, -0.2) is 13.1 Å². The van der Waals surface area contributed by atoms with Crippen molar-refractivity contribution in [2.45, 2.75) is 17.9 Å². The second-order valence-electron chi connectivity index (χ2n) is 6.06. The molecule has 0 saturated heterocycles. The Labute approximate surface area is 176 Å². The molecule has 0 spiro atoms. The van der Waals surface area contributed by atoms with Crippen LogP contribution < -0.4 is 19.5 Å². The minimum atomic E-state index is -3.70. The lowest BCUT2D eigenvalue weighted by Crippen LogP contribution is -2.28. The van der Waals surface area contributed by atoms with Crippen molar-refractivity contribution in [1.82, 2.24) is 10.0 Å². The highest BCUT2D eigenvalue weighted by atomic mass is 79.9. The van der Waals surface area contributed by atoms with E-state index >= 15 is 0 Å². The number of carbonyl (C=O) groups excluding carboxylic acids is 1. The summed E-state index contributed by atoms with van der Waals surface area (Å²) in [4.78, 5) is 12.7. The summed E-state index contributed by atoms with van der Waals surface area (Å²) < 4.78 is 38.1. The van der Waals surface area contributed by atoms with E-state index in [0.29, 0.717) is 24.7 Å². The van der Waals surface area contributed by atoms with E-state index in [2.05, 4.69) is 26.0 Å². The van der Waals surface area contributed by atoms with Crippen LogP contribution in [0.3, 0.4) is 0 Å². The van der Waals surface area contributed by atoms with E-state index in [9.17, 15) is 13.2 Å². The van der Waals surface area contributed by atoms with Gasteiger partial charge in [-0.05, 0) is 49.9 Å². The fourth-order valence-corrected chi connectivity index (χ4v) is 4.35. The Kier molecular flexibility index (Phi) is 6.18. The highest BCUT2D eigenvalue weighted by molar-refractivity contribution is 9.10. The van der Waals surface area contributed by atoms with Crippen molar-refractivity contribution in [1.29, 1.82) is 0 Å². The molecule has 0 aromatic heterocycles.